The van der Waals surface area contributed by atoms with E-state index in [1.807, 2.05) is 24.3 Å². The zero-order valence-corrected chi connectivity index (χ0v) is 13.0. The van der Waals surface area contributed by atoms with Crippen LogP contribution in [-0.2, 0) is 0 Å². The lowest BCUT2D eigenvalue weighted by Crippen LogP contribution is -2.38. The van der Waals surface area contributed by atoms with Crippen molar-refractivity contribution in [2.24, 2.45) is 5.92 Å². The van der Waals surface area contributed by atoms with Gasteiger partial charge in [0.05, 0.1) is 13.7 Å². The Morgan fingerprint density at radius 2 is 1.73 bits per heavy atom. The van der Waals surface area contributed by atoms with Crippen LogP contribution in [0.3, 0.4) is 0 Å². The molecule has 3 rings (SSSR count). The Hall–Kier alpha value is -2.00. The fraction of sp³-hybridized carbons (Fsp3) is 0.368. The maximum absolute atomic E-state index is 6.00. The van der Waals surface area contributed by atoms with E-state index >= 15 is 0 Å². The molecule has 2 aromatic rings. The second kappa shape index (κ2) is 7.32. The molecule has 2 atom stereocenters. The monoisotopic (exact) mass is 297 g/mol. The van der Waals surface area contributed by atoms with Crippen molar-refractivity contribution in [3.63, 3.8) is 0 Å². The first-order valence-electron chi connectivity index (χ1n) is 7.89. The van der Waals surface area contributed by atoms with Crippen LogP contribution in [0.15, 0.2) is 54.6 Å². The average Bonchev–Trinajstić information content (AvgIpc) is 2.61. The largest absolute Gasteiger partial charge is 0.497 e. The van der Waals surface area contributed by atoms with Crippen LogP contribution in [0.5, 0.6) is 11.5 Å². The van der Waals surface area contributed by atoms with E-state index in [-0.39, 0.29) is 0 Å². The van der Waals surface area contributed by atoms with Gasteiger partial charge in [0.1, 0.15) is 11.5 Å². The number of rotatable bonds is 5. The van der Waals surface area contributed by atoms with Gasteiger partial charge in [0.25, 0.3) is 0 Å². The highest BCUT2D eigenvalue weighted by Crippen LogP contribution is 2.31. The topological polar surface area (TPSA) is 30.5 Å². The molecule has 2 aromatic carbocycles. The summed E-state index contributed by atoms with van der Waals surface area (Å²) in [6, 6.07) is 18.6. The predicted octanol–water partition coefficient (Wildman–Crippen LogP) is 3.47. The minimum absolute atomic E-state index is 0.498. The van der Waals surface area contributed by atoms with Crippen molar-refractivity contribution in [1.29, 1.82) is 0 Å². The van der Waals surface area contributed by atoms with Gasteiger partial charge in [-0.05, 0) is 48.7 Å². The number of hydrogen-bond donors (Lipinski definition) is 1. The summed E-state index contributed by atoms with van der Waals surface area (Å²) in [5.41, 5.74) is 1.42. The Morgan fingerprint density at radius 1 is 1.00 bits per heavy atom. The molecule has 3 heteroatoms. The van der Waals surface area contributed by atoms with Crippen molar-refractivity contribution in [2.75, 3.05) is 26.8 Å². The summed E-state index contributed by atoms with van der Waals surface area (Å²) >= 11 is 0. The molecule has 1 saturated heterocycles. The Labute approximate surface area is 132 Å². The summed E-state index contributed by atoms with van der Waals surface area (Å²) in [5, 5.41) is 3.49. The van der Waals surface area contributed by atoms with Gasteiger partial charge in [-0.2, -0.15) is 0 Å². The molecule has 116 valence electrons. The molecule has 1 heterocycles. The highest BCUT2D eigenvalue weighted by atomic mass is 16.5. The third-order valence-electron chi connectivity index (χ3n) is 4.36. The zero-order chi connectivity index (χ0) is 15.2. The molecule has 1 unspecified atom stereocenters. The normalized spacial score (nSPS) is 21.3. The number of piperidine rings is 1. The van der Waals surface area contributed by atoms with Crippen molar-refractivity contribution in [1.82, 2.24) is 5.32 Å². The highest BCUT2D eigenvalue weighted by molar-refractivity contribution is 5.31. The summed E-state index contributed by atoms with van der Waals surface area (Å²) in [4.78, 5) is 0. The summed E-state index contributed by atoms with van der Waals surface area (Å²) in [6.45, 7) is 2.83. The summed E-state index contributed by atoms with van der Waals surface area (Å²) in [6.07, 6.45) is 1.17. The van der Waals surface area contributed by atoms with Gasteiger partial charge in [0.15, 0.2) is 0 Å². The third-order valence-corrected chi connectivity index (χ3v) is 4.36. The molecule has 0 spiro atoms. The van der Waals surface area contributed by atoms with Crippen molar-refractivity contribution < 1.29 is 9.47 Å². The molecule has 1 N–H and O–H groups in total. The van der Waals surface area contributed by atoms with E-state index in [0.29, 0.717) is 11.8 Å². The fourth-order valence-electron chi connectivity index (χ4n) is 3.11. The maximum atomic E-state index is 6.00. The van der Waals surface area contributed by atoms with Gasteiger partial charge in [-0.1, -0.05) is 30.3 Å². The quantitative estimate of drug-likeness (QED) is 0.916. The SMILES string of the molecule is COc1ccc(OC[C@H]2CNCCC2c2ccccc2)cc1. The smallest absolute Gasteiger partial charge is 0.119 e. The van der Waals surface area contributed by atoms with Crippen LogP contribution in [0.25, 0.3) is 0 Å². The highest BCUT2D eigenvalue weighted by Gasteiger charge is 2.26. The lowest BCUT2D eigenvalue weighted by atomic mass is 9.81. The van der Waals surface area contributed by atoms with Crippen LogP contribution in [-0.4, -0.2) is 26.8 Å². The van der Waals surface area contributed by atoms with Crippen molar-refractivity contribution in [3.05, 3.63) is 60.2 Å². The van der Waals surface area contributed by atoms with Gasteiger partial charge in [0.2, 0.25) is 0 Å². The Bertz CT molecular complexity index is 568. The molecule has 0 radical (unpaired) electrons. The van der Waals surface area contributed by atoms with Crippen molar-refractivity contribution >= 4 is 0 Å². The summed E-state index contributed by atoms with van der Waals surface area (Å²) in [5.74, 6) is 2.82. The molecule has 0 aromatic heterocycles. The lowest BCUT2D eigenvalue weighted by molar-refractivity contribution is 0.197. The van der Waals surface area contributed by atoms with E-state index in [1.54, 1.807) is 7.11 Å². The summed E-state index contributed by atoms with van der Waals surface area (Å²) < 4.78 is 11.2. The van der Waals surface area contributed by atoms with E-state index in [4.69, 9.17) is 9.47 Å². The van der Waals surface area contributed by atoms with Crippen LogP contribution in [0.2, 0.25) is 0 Å². The Balaban J connectivity index is 1.64. The molecule has 0 aliphatic carbocycles. The number of benzene rings is 2. The minimum Gasteiger partial charge on any atom is -0.497 e. The number of nitrogens with one attached hydrogen (secondary N) is 1. The van der Waals surface area contributed by atoms with E-state index in [1.165, 1.54) is 12.0 Å². The molecule has 22 heavy (non-hydrogen) atoms. The number of methoxy groups -OCH3 is 1. The molecule has 0 saturated carbocycles. The standard InChI is InChI=1S/C19H23NO2/c1-21-17-7-9-18(10-8-17)22-14-16-13-20-12-11-19(16)15-5-3-2-4-6-15/h2-10,16,19-20H,11-14H2,1H3/t16-,19?/m1/s1. The molecule has 3 nitrogen and oxygen atoms in total. The van der Waals surface area contributed by atoms with Crippen molar-refractivity contribution in [3.8, 4) is 11.5 Å². The predicted molar refractivity (Wildman–Crippen MR) is 88.6 cm³/mol. The van der Waals surface area contributed by atoms with Gasteiger partial charge in [-0.3, -0.25) is 0 Å². The first-order chi connectivity index (χ1) is 10.9. The summed E-state index contributed by atoms with van der Waals surface area (Å²) in [7, 11) is 1.67. The molecular weight excluding hydrogens is 274 g/mol. The van der Waals surface area contributed by atoms with Gasteiger partial charge in [0, 0.05) is 12.5 Å². The third kappa shape index (κ3) is 3.60. The lowest BCUT2D eigenvalue weighted by Gasteiger charge is -2.32. The minimum atomic E-state index is 0.498. The Morgan fingerprint density at radius 3 is 2.45 bits per heavy atom. The number of hydrogen-bond acceptors (Lipinski definition) is 3. The van der Waals surface area contributed by atoms with E-state index < -0.39 is 0 Å². The molecule has 1 aliphatic heterocycles. The first-order valence-corrected chi connectivity index (χ1v) is 7.89. The molecule has 0 amide bonds. The number of ether oxygens (including phenoxy) is 2. The first kappa shape index (κ1) is 14.9. The van der Waals surface area contributed by atoms with Crippen LogP contribution in [0, 0.1) is 5.92 Å². The molecular formula is C19H23NO2. The van der Waals surface area contributed by atoms with Crippen LogP contribution in [0.1, 0.15) is 17.9 Å². The van der Waals surface area contributed by atoms with E-state index in [0.717, 1.165) is 31.2 Å². The molecule has 1 fully saturated rings. The average molecular weight is 297 g/mol. The second-order valence-corrected chi connectivity index (χ2v) is 5.76. The van der Waals surface area contributed by atoms with Gasteiger partial charge < -0.3 is 14.8 Å². The van der Waals surface area contributed by atoms with Gasteiger partial charge in [-0.25, -0.2) is 0 Å². The van der Waals surface area contributed by atoms with E-state index in [2.05, 4.69) is 35.6 Å². The zero-order valence-electron chi connectivity index (χ0n) is 13.0. The van der Waals surface area contributed by atoms with Crippen LogP contribution in [0.4, 0.5) is 0 Å². The maximum Gasteiger partial charge on any atom is 0.119 e. The van der Waals surface area contributed by atoms with Crippen molar-refractivity contribution in [2.45, 2.75) is 12.3 Å². The Kier molecular flexibility index (Phi) is 4.96. The van der Waals surface area contributed by atoms with Crippen LogP contribution < -0.4 is 14.8 Å². The van der Waals surface area contributed by atoms with Gasteiger partial charge in [-0.15, -0.1) is 0 Å². The van der Waals surface area contributed by atoms with Crippen LogP contribution >= 0.6 is 0 Å². The fourth-order valence-corrected chi connectivity index (χ4v) is 3.11. The molecule has 1 aliphatic rings. The van der Waals surface area contributed by atoms with Gasteiger partial charge >= 0.3 is 0 Å². The van der Waals surface area contributed by atoms with E-state index in [9.17, 15) is 0 Å². The molecule has 0 bridgehead atoms. The second-order valence-electron chi connectivity index (χ2n) is 5.76.